The molecule has 1 fully saturated rings. The Bertz CT molecular complexity index is 481. The number of likely N-dealkylation sites (N-methyl/N-ethyl adjacent to an activating group) is 1. The van der Waals surface area contributed by atoms with Gasteiger partial charge in [-0.3, -0.25) is 9.69 Å². The van der Waals surface area contributed by atoms with E-state index in [1.165, 1.54) is 12.5 Å². The van der Waals surface area contributed by atoms with Gasteiger partial charge in [-0.25, -0.2) is 4.39 Å². The first-order valence-electron chi connectivity index (χ1n) is 7.72. The molecule has 1 heterocycles. The van der Waals surface area contributed by atoms with Crippen LogP contribution in [-0.4, -0.2) is 41.4 Å². The summed E-state index contributed by atoms with van der Waals surface area (Å²) in [6.45, 7) is 5.02. The van der Waals surface area contributed by atoms with E-state index in [9.17, 15) is 9.18 Å². The lowest BCUT2D eigenvalue weighted by Crippen LogP contribution is -2.50. The van der Waals surface area contributed by atoms with Gasteiger partial charge >= 0.3 is 0 Å². The van der Waals surface area contributed by atoms with Crippen molar-refractivity contribution in [3.63, 3.8) is 0 Å². The first kappa shape index (κ1) is 16.0. The summed E-state index contributed by atoms with van der Waals surface area (Å²) in [6, 6.07) is 7.35. The molecule has 0 saturated carbocycles. The lowest BCUT2D eigenvalue weighted by atomic mass is 9.97. The van der Waals surface area contributed by atoms with Crippen LogP contribution in [0, 0.1) is 5.82 Å². The predicted octanol–water partition coefficient (Wildman–Crippen LogP) is 3.05. The number of carbonyl (C=O) groups excluding carboxylic acids is 1. The maximum Gasteiger partial charge on any atom is 0.237 e. The van der Waals surface area contributed by atoms with Crippen molar-refractivity contribution in [2.45, 2.75) is 51.7 Å². The van der Waals surface area contributed by atoms with Gasteiger partial charge in [-0.15, -0.1) is 0 Å². The predicted molar refractivity (Wildman–Crippen MR) is 82.4 cm³/mol. The Labute approximate surface area is 126 Å². The largest absolute Gasteiger partial charge is 0.336 e. The molecule has 2 atom stereocenters. The molecule has 1 aliphatic rings. The molecule has 1 saturated heterocycles. The smallest absolute Gasteiger partial charge is 0.237 e. The van der Waals surface area contributed by atoms with Gasteiger partial charge in [0.15, 0.2) is 0 Å². The molecule has 0 aromatic heterocycles. The number of hydrogen-bond donors (Lipinski definition) is 0. The van der Waals surface area contributed by atoms with Gasteiger partial charge in [-0.05, 0) is 46.2 Å². The van der Waals surface area contributed by atoms with Crippen LogP contribution in [-0.2, 0) is 11.3 Å². The van der Waals surface area contributed by atoms with Gasteiger partial charge in [-0.1, -0.05) is 18.2 Å². The fourth-order valence-electron chi connectivity index (χ4n) is 3.20. The molecule has 0 radical (unpaired) electrons. The molecule has 4 heteroatoms. The van der Waals surface area contributed by atoms with Crippen molar-refractivity contribution in [2.24, 2.45) is 0 Å². The van der Waals surface area contributed by atoms with Gasteiger partial charge < -0.3 is 4.90 Å². The van der Waals surface area contributed by atoms with Crippen LogP contribution < -0.4 is 0 Å². The number of carbonyl (C=O) groups is 1. The van der Waals surface area contributed by atoms with Crippen LogP contribution in [0.2, 0.25) is 0 Å². The maximum atomic E-state index is 13.6. The third kappa shape index (κ3) is 4.03. The quantitative estimate of drug-likeness (QED) is 0.851. The van der Waals surface area contributed by atoms with E-state index in [1.54, 1.807) is 12.1 Å². The number of likely N-dealkylation sites (tertiary alicyclic amines) is 1. The first-order valence-corrected chi connectivity index (χ1v) is 7.72. The molecule has 1 amide bonds. The van der Waals surface area contributed by atoms with Crippen LogP contribution in [0.1, 0.15) is 38.7 Å². The lowest BCUT2D eigenvalue weighted by Gasteiger charge is -2.39. The van der Waals surface area contributed by atoms with E-state index < -0.39 is 0 Å². The summed E-state index contributed by atoms with van der Waals surface area (Å²) < 4.78 is 13.6. The highest BCUT2D eigenvalue weighted by Gasteiger charge is 2.29. The molecule has 0 N–H and O–H groups in total. The van der Waals surface area contributed by atoms with E-state index in [0.29, 0.717) is 30.7 Å². The van der Waals surface area contributed by atoms with Crippen molar-refractivity contribution >= 4 is 5.91 Å². The van der Waals surface area contributed by atoms with Crippen molar-refractivity contribution in [3.8, 4) is 0 Å². The molecule has 3 nitrogen and oxygen atoms in total. The number of hydrogen-bond acceptors (Lipinski definition) is 2. The number of halogens is 1. The molecule has 0 aliphatic carbocycles. The molecule has 2 unspecified atom stereocenters. The van der Waals surface area contributed by atoms with Crippen molar-refractivity contribution in [1.82, 2.24) is 9.80 Å². The van der Waals surface area contributed by atoms with Crippen LogP contribution in [0.15, 0.2) is 24.3 Å². The summed E-state index contributed by atoms with van der Waals surface area (Å²) in [5.74, 6) is -0.0648. The van der Waals surface area contributed by atoms with Crippen molar-refractivity contribution in [1.29, 1.82) is 0 Å². The second kappa shape index (κ2) is 7.03. The molecule has 1 aromatic carbocycles. The molecule has 21 heavy (non-hydrogen) atoms. The fraction of sp³-hybridized carbons (Fsp3) is 0.588. The molecule has 116 valence electrons. The number of piperidine rings is 1. The van der Waals surface area contributed by atoms with Crippen LogP contribution >= 0.6 is 0 Å². The molecular weight excluding hydrogens is 267 g/mol. The standard InChI is InChI=1S/C17H25FN2O/c1-13-7-6-8-14(2)20(13)17(21)12-19(3)11-15-9-4-5-10-16(15)18/h4-5,9-10,13-14H,6-8,11-12H2,1-3H3. The molecule has 1 aromatic rings. The van der Waals surface area contributed by atoms with E-state index in [1.807, 2.05) is 22.9 Å². The Morgan fingerprint density at radius 3 is 2.52 bits per heavy atom. The van der Waals surface area contributed by atoms with Gasteiger partial charge in [0.2, 0.25) is 5.91 Å². The third-order valence-corrected chi connectivity index (χ3v) is 4.28. The topological polar surface area (TPSA) is 23.6 Å². The Balaban J connectivity index is 1.94. The summed E-state index contributed by atoms with van der Waals surface area (Å²) in [5, 5.41) is 0. The van der Waals surface area contributed by atoms with Crippen LogP contribution in [0.3, 0.4) is 0 Å². The van der Waals surface area contributed by atoms with Gasteiger partial charge in [0.05, 0.1) is 6.54 Å². The Morgan fingerprint density at radius 1 is 1.29 bits per heavy atom. The maximum absolute atomic E-state index is 13.6. The first-order chi connectivity index (χ1) is 9.99. The SMILES string of the molecule is CC1CCCC(C)N1C(=O)CN(C)Cc1ccccc1F. The summed E-state index contributed by atoms with van der Waals surface area (Å²) in [6.07, 6.45) is 3.34. The Hall–Kier alpha value is -1.42. The summed E-state index contributed by atoms with van der Waals surface area (Å²) in [4.78, 5) is 16.4. The van der Waals surface area contributed by atoms with E-state index in [4.69, 9.17) is 0 Å². The number of amides is 1. The Morgan fingerprint density at radius 2 is 1.90 bits per heavy atom. The normalized spacial score (nSPS) is 22.6. The number of benzene rings is 1. The molecule has 2 rings (SSSR count). The van der Waals surface area contributed by atoms with Gasteiger partial charge in [-0.2, -0.15) is 0 Å². The average Bonchev–Trinajstić information content (AvgIpc) is 2.41. The summed E-state index contributed by atoms with van der Waals surface area (Å²) in [5.41, 5.74) is 0.632. The van der Waals surface area contributed by atoms with Crippen molar-refractivity contribution in [2.75, 3.05) is 13.6 Å². The monoisotopic (exact) mass is 292 g/mol. The summed E-state index contributed by atoms with van der Waals surface area (Å²) >= 11 is 0. The highest BCUT2D eigenvalue weighted by atomic mass is 19.1. The van der Waals surface area contributed by atoms with Gasteiger partial charge in [0.1, 0.15) is 5.82 Å². The second-order valence-corrected chi connectivity index (χ2v) is 6.19. The minimum absolute atomic E-state index is 0.147. The average molecular weight is 292 g/mol. The van der Waals surface area contributed by atoms with Gasteiger partial charge in [0, 0.05) is 24.2 Å². The molecule has 0 bridgehead atoms. The Kier molecular flexibility index (Phi) is 5.34. The fourth-order valence-corrected chi connectivity index (χ4v) is 3.20. The molecule has 0 spiro atoms. The lowest BCUT2D eigenvalue weighted by molar-refractivity contribution is -0.138. The minimum Gasteiger partial charge on any atom is -0.336 e. The van der Waals surface area contributed by atoms with E-state index >= 15 is 0 Å². The van der Waals surface area contributed by atoms with Crippen molar-refractivity contribution < 1.29 is 9.18 Å². The van der Waals surface area contributed by atoms with E-state index in [0.717, 1.165) is 12.8 Å². The van der Waals surface area contributed by atoms with Crippen LogP contribution in [0.4, 0.5) is 4.39 Å². The van der Waals surface area contributed by atoms with E-state index in [2.05, 4.69) is 13.8 Å². The number of nitrogens with zero attached hydrogens (tertiary/aromatic N) is 2. The zero-order valence-electron chi connectivity index (χ0n) is 13.2. The molecular formula is C17H25FN2O. The highest BCUT2D eigenvalue weighted by Crippen LogP contribution is 2.22. The van der Waals surface area contributed by atoms with E-state index in [-0.39, 0.29) is 11.7 Å². The zero-order valence-corrected chi connectivity index (χ0v) is 13.2. The van der Waals surface area contributed by atoms with Crippen LogP contribution in [0.5, 0.6) is 0 Å². The molecule has 1 aliphatic heterocycles. The third-order valence-electron chi connectivity index (χ3n) is 4.28. The minimum atomic E-state index is -0.212. The summed E-state index contributed by atoms with van der Waals surface area (Å²) in [7, 11) is 1.86. The van der Waals surface area contributed by atoms with Gasteiger partial charge in [0.25, 0.3) is 0 Å². The van der Waals surface area contributed by atoms with Crippen molar-refractivity contribution in [3.05, 3.63) is 35.6 Å². The number of rotatable bonds is 4. The van der Waals surface area contributed by atoms with Crippen LogP contribution in [0.25, 0.3) is 0 Å². The zero-order chi connectivity index (χ0) is 15.4. The highest BCUT2D eigenvalue weighted by molar-refractivity contribution is 5.79. The second-order valence-electron chi connectivity index (χ2n) is 6.19.